The fourth-order valence-corrected chi connectivity index (χ4v) is 6.43. The smallest absolute Gasteiger partial charge is 0.321 e. The van der Waals surface area contributed by atoms with E-state index in [2.05, 4.69) is 15.1 Å². The van der Waals surface area contributed by atoms with Crippen molar-refractivity contribution in [1.29, 1.82) is 0 Å². The number of likely N-dealkylation sites (tertiary alicyclic amines) is 2. The second-order valence-electron chi connectivity index (χ2n) is 9.90. The number of urea groups is 1. The molecule has 4 aliphatic rings. The molecule has 174 valence electrons. The van der Waals surface area contributed by atoms with E-state index < -0.39 is 0 Å². The average molecular weight is 441 g/mol. The molecule has 3 amide bonds. The molecule has 4 fully saturated rings. The molecule has 7 nitrogen and oxygen atoms in total. The first kappa shape index (κ1) is 21.6. The summed E-state index contributed by atoms with van der Waals surface area (Å²) in [6.07, 6.45) is 6.31. The van der Waals surface area contributed by atoms with Crippen LogP contribution < -0.4 is 10.1 Å². The number of carbonyl (C=O) groups excluding carboxylic acids is 2. The van der Waals surface area contributed by atoms with Crippen LogP contribution in [0, 0.1) is 11.8 Å². The van der Waals surface area contributed by atoms with Crippen LogP contribution in [-0.4, -0.2) is 78.1 Å². The molecule has 0 aliphatic carbocycles. The highest BCUT2D eigenvalue weighted by atomic mass is 16.5. The predicted molar refractivity (Wildman–Crippen MR) is 124 cm³/mol. The van der Waals surface area contributed by atoms with Crippen LogP contribution in [-0.2, 0) is 4.79 Å². The summed E-state index contributed by atoms with van der Waals surface area (Å²) in [6.45, 7) is 7.26. The lowest BCUT2D eigenvalue weighted by atomic mass is 9.75. The predicted octanol–water partition coefficient (Wildman–Crippen LogP) is 3.41. The van der Waals surface area contributed by atoms with E-state index in [1.165, 1.54) is 12.8 Å². The number of hydrogen-bond acceptors (Lipinski definition) is 4. The summed E-state index contributed by atoms with van der Waals surface area (Å²) in [6, 6.07) is 8.59. The Morgan fingerprint density at radius 1 is 1.12 bits per heavy atom. The quantitative estimate of drug-likeness (QED) is 0.779. The van der Waals surface area contributed by atoms with Gasteiger partial charge in [0.15, 0.2) is 0 Å². The number of anilines is 1. The van der Waals surface area contributed by atoms with Crippen LogP contribution in [0.3, 0.4) is 0 Å². The maximum atomic E-state index is 12.9. The summed E-state index contributed by atoms with van der Waals surface area (Å²) < 4.78 is 5.64. The van der Waals surface area contributed by atoms with Gasteiger partial charge < -0.3 is 19.9 Å². The maximum absolute atomic E-state index is 12.9. The van der Waals surface area contributed by atoms with Crippen LogP contribution in [0.2, 0.25) is 0 Å². The van der Waals surface area contributed by atoms with Crippen molar-refractivity contribution in [2.75, 3.05) is 44.6 Å². The third-order valence-corrected chi connectivity index (χ3v) is 7.90. The van der Waals surface area contributed by atoms with E-state index in [1.807, 2.05) is 36.1 Å². The first-order valence-electron chi connectivity index (χ1n) is 12.4. The molecule has 1 aromatic rings. The lowest BCUT2D eigenvalue weighted by Gasteiger charge is -2.54. The van der Waals surface area contributed by atoms with Crippen molar-refractivity contribution in [2.45, 2.75) is 57.5 Å². The van der Waals surface area contributed by atoms with Gasteiger partial charge in [0.1, 0.15) is 5.75 Å². The Labute approximate surface area is 191 Å². The number of fused-ring (bicyclic) bond motifs is 4. The molecule has 3 atom stereocenters. The zero-order chi connectivity index (χ0) is 22.1. The number of ether oxygens (including phenoxy) is 1. The van der Waals surface area contributed by atoms with Gasteiger partial charge in [-0.25, -0.2) is 4.79 Å². The van der Waals surface area contributed by atoms with E-state index in [4.69, 9.17) is 4.74 Å². The summed E-state index contributed by atoms with van der Waals surface area (Å²) >= 11 is 0. The fourth-order valence-electron chi connectivity index (χ4n) is 6.43. The molecule has 4 saturated heterocycles. The zero-order valence-electron chi connectivity index (χ0n) is 19.2. The third-order valence-electron chi connectivity index (χ3n) is 7.90. The van der Waals surface area contributed by atoms with Gasteiger partial charge in [-0.3, -0.25) is 9.69 Å². The highest BCUT2D eigenvalue weighted by molar-refractivity contribution is 5.91. The summed E-state index contributed by atoms with van der Waals surface area (Å²) in [5.41, 5.74) is 0.733. The first-order chi connectivity index (χ1) is 15.6. The molecule has 1 N–H and O–H groups in total. The molecule has 5 rings (SSSR count). The van der Waals surface area contributed by atoms with Crippen LogP contribution in [0.1, 0.15) is 45.4 Å². The van der Waals surface area contributed by atoms with Crippen molar-refractivity contribution in [1.82, 2.24) is 14.7 Å². The molecule has 0 spiro atoms. The number of nitrogens with zero attached hydrogens (tertiary/aromatic N) is 3. The van der Waals surface area contributed by atoms with Gasteiger partial charge in [-0.2, -0.15) is 0 Å². The largest absolute Gasteiger partial charge is 0.492 e. The minimum absolute atomic E-state index is 0.0394. The normalized spacial score (nSPS) is 28.9. The molecule has 2 unspecified atom stereocenters. The highest BCUT2D eigenvalue weighted by Gasteiger charge is 2.45. The van der Waals surface area contributed by atoms with Gasteiger partial charge >= 0.3 is 6.03 Å². The summed E-state index contributed by atoms with van der Waals surface area (Å²) in [4.78, 5) is 32.1. The summed E-state index contributed by atoms with van der Waals surface area (Å²) in [5.74, 6) is 2.34. The molecule has 0 radical (unpaired) electrons. The average Bonchev–Trinajstić information content (AvgIpc) is 2.81. The van der Waals surface area contributed by atoms with Crippen molar-refractivity contribution in [3.05, 3.63) is 24.3 Å². The van der Waals surface area contributed by atoms with Crippen molar-refractivity contribution in [3.63, 3.8) is 0 Å². The lowest BCUT2D eigenvalue weighted by Crippen LogP contribution is -2.62. The Kier molecular flexibility index (Phi) is 6.26. The monoisotopic (exact) mass is 440 g/mol. The number of amides is 3. The Morgan fingerprint density at radius 2 is 1.94 bits per heavy atom. The highest BCUT2D eigenvalue weighted by Crippen LogP contribution is 2.39. The minimum atomic E-state index is -0.0394. The summed E-state index contributed by atoms with van der Waals surface area (Å²) in [5, 5.41) is 3.04. The van der Waals surface area contributed by atoms with Crippen LogP contribution in [0.4, 0.5) is 10.5 Å². The zero-order valence-corrected chi connectivity index (χ0v) is 19.2. The first-order valence-corrected chi connectivity index (χ1v) is 12.4. The lowest BCUT2D eigenvalue weighted by molar-refractivity contribution is -0.145. The fraction of sp³-hybridized carbons (Fsp3) is 0.680. The molecule has 32 heavy (non-hydrogen) atoms. The molecule has 4 heterocycles. The molecule has 0 aromatic heterocycles. The van der Waals surface area contributed by atoms with Gasteiger partial charge in [0.25, 0.3) is 0 Å². The molecule has 0 saturated carbocycles. The molecular formula is C25H36N4O3. The molecular weight excluding hydrogens is 404 g/mol. The van der Waals surface area contributed by atoms with Crippen molar-refractivity contribution in [3.8, 4) is 5.75 Å². The Balaban J connectivity index is 1.15. The maximum Gasteiger partial charge on any atom is 0.321 e. The summed E-state index contributed by atoms with van der Waals surface area (Å²) in [7, 11) is 0. The molecule has 4 aliphatic heterocycles. The van der Waals surface area contributed by atoms with Crippen LogP contribution in [0.25, 0.3) is 0 Å². The number of benzene rings is 1. The number of rotatable bonds is 4. The van der Waals surface area contributed by atoms with E-state index in [1.54, 1.807) is 0 Å². The standard InChI is InChI=1S/C25H36N4O3/c1-2-32-23-8-4-3-6-21(23)26-25(31)27-12-10-20(11-13-27)28-15-18-14-19(17-28)22-7-5-9-24(30)29(22)16-18/h3-4,6,8,18-20,22H,2,5,7,9-17H2,1H3,(H,26,31)/t18?,19?,22-/m1/s1. The molecule has 7 heteroatoms. The number of nitrogens with one attached hydrogen (secondary N) is 1. The van der Waals surface area contributed by atoms with Gasteiger partial charge in [-0.05, 0) is 63.0 Å². The Morgan fingerprint density at radius 3 is 2.75 bits per heavy atom. The van der Waals surface area contributed by atoms with Crippen molar-refractivity contribution < 1.29 is 14.3 Å². The van der Waals surface area contributed by atoms with Crippen LogP contribution >= 0.6 is 0 Å². The number of piperidine rings is 4. The number of hydrogen-bond donors (Lipinski definition) is 1. The van der Waals surface area contributed by atoms with Crippen LogP contribution in [0.15, 0.2) is 24.3 Å². The van der Waals surface area contributed by atoms with E-state index >= 15 is 0 Å². The van der Waals surface area contributed by atoms with Crippen LogP contribution in [0.5, 0.6) is 5.75 Å². The number of carbonyl (C=O) groups is 2. The molecule has 1 aromatic carbocycles. The Hall–Kier alpha value is -2.28. The topological polar surface area (TPSA) is 65.1 Å². The van der Waals surface area contributed by atoms with Gasteiger partial charge in [0.2, 0.25) is 5.91 Å². The van der Waals surface area contributed by atoms with Gasteiger partial charge in [0.05, 0.1) is 12.3 Å². The van der Waals surface area contributed by atoms with Gasteiger partial charge in [0, 0.05) is 51.2 Å². The minimum Gasteiger partial charge on any atom is -0.492 e. The second kappa shape index (κ2) is 9.30. The van der Waals surface area contributed by atoms with Crippen molar-refractivity contribution in [2.24, 2.45) is 11.8 Å². The van der Waals surface area contributed by atoms with Gasteiger partial charge in [-0.1, -0.05) is 12.1 Å². The molecule has 2 bridgehead atoms. The van der Waals surface area contributed by atoms with E-state index in [0.29, 0.717) is 42.2 Å². The third kappa shape index (κ3) is 4.32. The van der Waals surface area contributed by atoms with E-state index in [9.17, 15) is 9.59 Å². The van der Waals surface area contributed by atoms with E-state index in [0.717, 1.165) is 64.1 Å². The van der Waals surface area contributed by atoms with Crippen molar-refractivity contribution >= 4 is 17.6 Å². The van der Waals surface area contributed by atoms with E-state index in [-0.39, 0.29) is 6.03 Å². The Bertz CT molecular complexity index is 838. The SMILES string of the molecule is CCOc1ccccc1NC(=O)N1CCC(N2CC3CC(C2)[C@H]2CCCC(=O)N2C3)CC1. The second-order valence-corrected chi connectivity index (χ2v) is 9.90. The number of para-hydroxylation sites is 2. The van der Waals surface area contributed by atoms with Gasteiger partial charge in [-0.15, -0.1) is 0 Å².